The van der Waals surface area contributed by atoms with E-state index >= 15 is 0 Å². The third kappa shape index (κ3) is 3.95. The minimum atomic E-state index is 0.0727. The number of rotatable bonds is 6. The number of nitrogens with one attached hydrogen (secondary N) is 1. The van der Waals surface area contributed by atoms with Crippen LogP contribution in [0, 0.1) is 5.92 Å². The highest BCUT2D eigenvalue weighted by atomic mass is 16.1. The average molecular weight is 271 g/mol. The third-order valence-electron chi connectivity index (χ3n) is 3.21. The lowest BCUT2D eigenvalue weighted by Gasteiger charge is -2.11. The van der Waals surface area contributed by atoms with Gasteiger partial charge in [-0.1, -0.05) is 32.8 Å². The highest BCUT2D eigenvalue weighted by Gasteiger charge is 2.09. The Morgan fingerprint density at radius 3 is 2.95 bits per heavy atom. The summed E-state index contributed by atoms with van der Waals surface area (Å²) in [5.41, 5.74) is 1.75. The van der Waals surface area contributed by atoms with Crippen LogP contribution in [-0.4, -0.2) is 15.7 Å². The van der Waals surface area contributed by atoms with Crippen molar-refractivity contribution in [2.45, 2.75) is 33.1 Å². The molecule has 1 aromatic carbocycles. The van der Waals surface area contributed by atoms with Crippen LogP contribution in [0.5, 0.6) is 0 Å². The van der Waals surface area contributed by atoms with Crippen LogP contribution in [-0.2, 0) is 4.79 Å². The quantitative estimate of drug-likeness (QED) is 0.872. The molecule has 1 N–H and O–H groups in total. The standard InChI is InChI=1S/C16H21N3O/c1-3-6-13(2)11-16(20)18-14-7-4-8-15(12-14)19-10-5-9-17-19/h4-5,7-10,12-13H,3,6,11H2,1-2H3,(H,18,20). The fourth-order valence-corrected chi connectivity index (χ4v) is 2.27. The van der Waals surface area contributed by atoms with Gasteiger partial charge in [-0.2, -0.15) is 5.10 Å². The molecular weight excluding hydrogens is 250 g/mol. The van der Waals surface area contributed by atoms with E-state index in [0.29, 0.717) is 12.3 Å². The van der Waals surface area contributed by atoms with Crippen molar-refractivity contribution in [1.82, 2.24) is 9.78 Å². The molecule has 1 aromatic heterocycles. The number of hydrogen-bond donors (Lipinski definition) is 1. The van der Waals surface area contributed by atoms with Crippen LogP contribution < -0.4 is 5.32 Å². The molecule has 20 heavy (non-hydrogen) atoms. The Hall–Kier alpha value is -2.10. The Balaban J connectivity index is 1.99. The van der Waals surface area contributed by atoms with Crippen LogP contribution in [0.25, 0.3) is 5.69 Å². The largest absolute Gasteiger partial charge is 0.326 e. The zero-order chi connectivity index (χ0) is 14.4. The molecule has 0 radical (unpaired) electrons. The van der Waals surface area contributed by atoms with Crippen LogP contribution in [0.3, 0.4) is 0 Å². The van der Waals surface area contributed by atoms with Gasteiger partial charge in [0.15, 0.2) is 0 Å². The first-order valence-corrected chi connectivity index (χ1v) is 7.09. The Morgan fingerprint density at radius 1 is 1.40 bits per heavy atom. The first kappa shape index (κ1) is 14.3. The number of benzene rings is 1. The van der Waals surface area contributed by atoms with Crippen LogP contribution in [0.2, 0.25) is 0 Å². The van der Waals surface area contributed by atoms with Crippen molar-refractivity contribution in [2.75, 3.05) is 5.32 Å². The topological polar surface area (TPSA) is 46.9 Å². The summed E-state index contributed by atoms with van der Waals surface area (Å²) in [5.74, 6) is 0.498. The van der Waals surface area contributed by atoms with Gasteiger partial charge in [0.1, 0.15) is 0 Å². The van der Waals surface area contributed by atoms with Crippen molar-refractivity contribution in [3.63, 3.8) is 0 Å². The number of anilines is 1. The second-order valence-electron chi connectivity index (χ2n) is 5.15. The van der Waals surface area contributed by atoms with Gasteiger partial charge < -0.3 is 5.32 Å². The molecule has 4 nitrogen and oxygen atoms in total. The molecule has 0 aliphatic carbocycles. The van der Waals surface area contributed by atoms with Crippen LogP contribution >= 0.6 is 0 Å². The number of carbonyl (C=O) groups excluding carboxylic acids is 1. The van der Waals surface area contributed by atoms with Crippen molar-refractivity contribution in [3.05, 3.63) is 42.7 Å². The van der Waals surface area contributed by atoms with E-state index in [-0.39, 0.29) is 5.91 Å². The zero-order valence-electron chi connectivity index (χ0n) is 12.0. The Kier molecular flexibility index (Phi) is 4.93. The average Bonchev–Trinajstić information content (AvgIpc) is 2.92. The molecule has 0 aliphatic rings. The number of hydrogen-bond acceptors (Lipinski definition) is 2. The van der Waals surface area contributed by atoms with E-state index in [4.69, 9.17) is 0 Å². The van der Waals surface area contributed by atoms with Gasteiger partial charge in [-0.25, -0.2) is 4.68 Å². The highest BCUT2D eigenvalue weighted by molar-refractivity contribution is 5.91. The first-order chi connectivity index (χ1) is 9.69. The Morgan fingerprint density at radius 2 is 2.25 bits per heavy atom. The maximum Gasteiger partial charge on any atom is 0.224 e. The Labute approximate surface area is 119 Å². The van der Waals surface area contributed by atoms with Gasteiger partial charge in [0.05, 0.1) is 5.69 Å². The molecule has 0 fully saturated rings. The van der Waals surface area contributed by atoms with Gasteiger partial charge in [-0.15, -0.1) is 0 Å². The van der Waals surface area contributed by atoms with Gasteiger partial charge in [0.25, 0.3) is 0 Å². The van der Waals surface area contributed by atoms with Gasteiger partial charge in [0.2, 0.25) is 5.91 Å². The molecule has 0 aliphatic heterocycles. The maximum absolute atomic E-state index is 12.0. The highest BCUT2D eigenvalue weighted by Crippen LogP contribution is 2.16. The maximum atomic E-state index is 12.0. The molecule has 4 heteroatoms. The summed E-state index contributed by atoms with van der Waals surface area (Å²) >= 11 is 0. The van der Waals surface area contributed by atoms with E-state index in [1.807, 2.05) is 36.5 Å². The van der Waals surface area contributed by atoms with Gasteiger partial charge >= 0.3 is 0 Å². The predicted molar refractivity (Wildman–Crippen MR) is 80.9 cm³/mol. The third-order valence-corrected chi connectivity index (χ3v) is 3.21. The molecule has 2 aromatic rings. The minimum absolute atomic E-state index is 0.0727. The smallest absolute Gasteiger partial charge is 0.224 e. The predicted octanol–water partition coefficient (Wildman–Crippen LogP) is 3.64. The summed E-state index contributed by atoms with van der Waals surface area (Å²) in [6.45, 7) is 4.26. The summed E-state index contributed by atoms with van der Waals surface area (Å²) in [7, 11) is 0. The van der Waals surface area contributed by atoms with Crippen molar-refractivity contribution in [2.24, 2.45) is 5.92 Å². The SMILES string of the molecule is CCCC(C)CC(=O)Nc1cccc(-n2cccn2)c1. The fourth-order valence-electron chi connectivity index (χ4n) is 2.27. The molecule has 0 spiro atoms. The molecule has 2 rings (SSSR count). The van der Waals surface area contributed by atoms with Crippen LogP contribution in [0.4, 0.5) is 5.69 Å². The minimum Gasteiger partial charge on any atom is -0.326 e. The lowest BCUT2D eigenvalue weighted by molar-refractivity contribution is -0.117. The molecule has 0 saturated heterocycles. The van der Waals surface area contributed by atoms with E-state index in [9.17, 15) is 4.79 Å². The van der Waals surface area contributed by atoms with Crippen molar-refractivity contribution in [3.8, 4) is 5.69 Å². The fraction of sp³-hybridized carbons (Fsp3) is 0.375. The van der Waals surface area contributed by atoms with E-state index in [0.717, 1.165) is 24.2 Å². The number of carbonyl (C=O) groups is 1. The molecule has 106 valence electrons. The zero-order valence-corrected chi connectivity index (χ0v) is 12.0. The van der Waals surface area contributed by atoms with Crippen molar-refractivity contribution in [1.29, 1.82) is 0 Å². The van der Waals surface area contributed by atoms with Gasteiger partial charge in [-0.3, -0.25) is 4.79 Å². The second-order valence-corrected chi connectivity index (χ2v) is 5.15. The van der Waals surface area contributed by atoms with Gasteiger partial charge in [0, 0.05) is 24.5 Å². The van der Waals surface area contributed by atoms with Crippen molar-refractivity contribution < 1.29 is 4.79 Å². The molecular formula is C16H21N3O. The number of amides is 1. The summed E-state index contributed by atoms with van der Waals surface area (Å²) < 4.78 is 1.77. The monoisotopic (exact) mass is 271 g/mol. The van der Waals surface area contributed by atoms with Crippen LogP contribution in [0.15, 0.2) is 42.7 Å². The van der Waals surface area contributed by atoms with Gasteiger partial charge in [-0.05, 0) is 30.2 Å². The van der Waals surface area contributed by atoms with E-state index < -0.39 is 0 Å². The molecule has 1 atom stereocenters. The summed E-state index contributed by atoms with van der Waals surface area (Å²) in [4.78, 5) is 12.0. The second kappa shape index (κ2) is 6.89. The molecule has 1 unspecified atom stereocenters. The molecule has 0 saturated carbocycles. The lowest BCUT2D eigenvalue weighted by atomic mass is 10.0. The molecule has 0 bridgehead atoms. The van der Waals surface area contributed by atoms with Crippen LogP contribution in [0.1, 0.15) is 33.1 Å². The number of aromatic nitrogens is 2. The Bertz CT molecular complexity index is 549. The van der Waals surface area contributed by atoms with E-state index in [2.05, 4.69) is 24.3 Å². The number of nitrogens with zero attached hydrogens (tertiary/aromatic N) is 2. The summed E-state index contributed by atoms with van der Waals surface area (Å²) in [6, 6.07) is 9.58. The molecule has 1 amide bonds. The first-order valence-electron chi connectivity index (χ1n) is 7.09. The lowest BCUT2D eigenvalue weighted by Crippen LogP contribution is -2.15. The van der Waals surface area contributed by atoms with E-state index in [1.54, 1.807) is 10.9 Å². The molecule has 1 heterocycles. The summed E-state index contributed by atoms with van der Waals surface area (Å²) in [5, 5.41) is 7.14. The van der Waals surface area contributed by atoms with Crippen molar-refractivity contribution >= 4 is 11.6 Å². The van der Waals surface area contributed by atoms with E-state index in [1.165, 1.54) is 0 Å². The normalized spacial score (nSPS) is 12.1. The summed E-state index contributed by atoms with van der Waals surface area (Å²) in [6.07, 6.45) is 6.38.